The van der Waals surface area contributed by atoms with Crippen molar-refractivity contribution >= 4 is 23.3 Å². The summed E-state index contributed by atoms with van der Waals surface area (Å²) in [5, 5.41) is 1.83. The lowest BCUT2D eigenvalue weighted by atomic mass is 10.1. The number of ether oxygens (including phenoxy) is 3. The van der Waals surface area contributed by atoms with Crippen molar-refractivity contribution in [3.05, 3.63) is 115 Å². The summed E-state index contributed by atoms with van der Waals surface area (Å²) < 4.78 is 18.7. The Morgan fingerprint density at radius 2 is 1.62 bits per heavy atom. The van der Waals surface area contributed by atoms with Crippen LogP contribution in [0.15, 0.2) is 81.8 Å². The molecule has 1 N–H and O–H groups in total. The maximum Gasteiger partial charge on any atom is 0.338 e. The van der Waals surface area contributed by atoms with Crippen LogP contribution >= 0.6 is 11.3 Å². The summed E-state index contributed by atoms with van der Waals surface area (Å²) in [6.45, 7) is 3.62. The van der Waals surface area contributed by atoms with E-state index in [1.54, 1.807) is 60.7 Å². The molecule has 0 amide bonds. The molecule has 5 rings (SSSR count). The van der Waals surface area contributed by atoms with Crippen LogP contribution in [0.4, 0.5) is 0 Å². The first-order valence-corrected chi connectivity index (χ1v) is 13.2. The molecule has 10 heteroatoms. The predicted molar refractivity (Wildman–Crippen MR) is 145 cm³/mol. The fraction of sp³-hybridized carbons (Fsp3) is 0.241. The fourth-order valence-corrected chi connectivity index (χ4v) is 5.01. The third kappa shape index (κ3) is 5.92. The second-order valence-electron chi connectivity index (χ2n) is 9.33. The van der Waals surface area contributed by atoms with Crippen molar-refractivity contribution in [1.29, 1.82) is 0 Å². The predicted octanol–water partition coefficient (Wildman–Crippen LogP) is 4.25. The van der Waals surface area contributed by atoms with E-state index in [-0.39, 0.29) is 13.0 Å². The zero-order chi connectivity index (χ0) is 27.5. The number of thiophene rings is 1. The van der Waals surface area contributed by atoms with E-state index in [1.807, 2.05) is 19.2 Å². The van der Waals surface area contributed by atoms with Gasteiger partial charge in [0.15, 0.2) is 0 Å². The van der Waals surface area contributed by atoms with Crippen molar-refractivity contribution in [1.82, 2.24) is 9.55 Å². The summed E-state index contributed by atoms with van der Waals surface area (Å²) >= 11 is 1.36. The Morgan fingerprint density at radius 1 is 0.974 bits per heavy atom. The molecule has 200 valence electrons. The number of hydrogen-bond donors (Lipinski definition) is 1. The summed E-state index contributed by atoms with van der Waals surface area (Å²) in [7, 11) is 0. The van der Waals surface area contributed by atoms with Crippen molar-refractivity contribution in [3.63, 3.8) is 0 Å². The highest BCUT2D eigenvalue weighted by molar-refractivity contribution is 7.13. The van der Waals surface area contributed by atoms with E-state index in [0.717, 1.165) is 11.1 Å². The Bertz CT molecular complexity index is 1590. The zero-order valence-corrected chi connectivity index (χ0v) is 22.1. The van der Waals surface area contributed by atoms with Crippen LogP contribution in [0, 0.1) is 13.8 Å². The normalized spacial score (nSPS) is 18.6. The molecule has 0 saturated carbocycles. The second-order valence-corrected chi connectivity index (χ2v) is 10.3. The van der Waals surface area contributed by atoms with Gasteiger partial charge in [-0.05, 0) is 49.6 Å². The number of H-pyrrole nitrogens is 1. The Morgan fingerprint density at radius 3 is 2.23 bits per heavy atom. The van der Waals surface area contributed by atoms with Crippen LogP contribution < -0.4 is 11.2 Å². The molecule has 1 aliphatic heterocycles. The Hall–Kier alpha value is -4.28. The number of rotatable bonds is 7. The smallest absolute Gasteiger partial charge is 0.338 e. The molecule has 39 heavy (non-hydrogen) atoms. The molecule has 2 aromatic carbocycles. The molecule has 0 spiro atoms. The lowest BCUT2D eigenvalue weighted by Crippen LogP contribution is -2.33. The molecule has 1 fully saturated rings. The van der Waals surface area contributed by atoms with Gasteiger partial charge in [-0.25, -0.2) is 14.4 Å². The molecule has 4 aromatic rings. The topological polar surface area (TPSA) is 117 Å². The van der Waals surface area contributed by atoms with Crippen LogP contribution in [0.5, 0.6) is 0 Å². The number of carbonyl (C=O) groups is 2. The molecule has 0 radical (unpaired) electrons. The van der Waals surface area contributed by atoms with Crippen LogP contribution in [0.1, 0.15) is 44.5 Å². The Labute approximate surface area is 227 Å². The van der Waals surface area contributed by atoms with Gasteiger partial charge in [-0.15, -0.1) is 11.3 Å². The van der Waals surface area contributed by atoms with Gasteiger partial charge in [0, 0.05) is 17.5 Å². The molecular weight excluding hydrogens is 520 g/mol. The summed E-state index contributed by atoms with van der Waals surface area (Å²) in [6, 6.07) is 17.5. The number of esters is 2. The second kappa shape index (κ2) is 11.2. The quantitative estimate of drug-likeness (QED) is 0.345. The number of hydrogen-bond acceptors (Lipinski definition) is 8. The number of carbonyl (C=O) groups excluding carboxylic acids is 2. The molecule has 2 aromatic heterocycles. The number of aryl methyl sites for hydroxylation is 2. The molecule has 0 aliphatic carbocycles. The van der Waals surface area contributed by atoms with Crippen LogP contribution in [-0.4, -0.2) is 40.3 Å². The van der Waals surface area contributed by atoms with Crippen LogP contribution in [0.25, 0.3) is 10.4 Å². The van der Waals surface area contributed by atoms with E-state index in [4.69, 9.17) is 14.2 Å². The number of benzene rings is 2. The highest BCUT2D eigenvalue weighted by atomic mass is 32.1. The first kappa shape index (κ1) is 26.3. The minimum atomic E-state index is -0.869. The van der Waals surface area contributed by atoms with Gasteiger partial charge in [-0.3, -0.25) is 14.3 Å². The van der Waals surface area contributed by atoms with Gasteiger partial charge >= 0.3 is 17.6 Å². The molecule has 1 aliphatic rings. The lowest BCUT2D eigenvalue weighted by Gasteiger charge is -2.19. The monoisotopic (exact) mass is 546 g/mol. The molecule has 1 saturated heterocycles. The maximum atomic E-state index is 12.9. The summed E-state index contributed by atoms with van der Waals surface area (Å²) in [5.74, 6) is -1.11. The zero-order valence-electron chi connectivity index (χ0n) is 21.3. The van der Waals surface area contributed by atoms with E-state index in [0.29, 0.717) is 21.6 Å². The summed E-state index contributed by atoms with van der Waals surface area (Å²) in [6.07, 6.45) is -0.981. The third-order valence-electron chi connectivity index (χ3n) is 6.46. The van der Waals surface area contributed by atoms with Crippen molar-refractivity contribution in [2.24, 2.45) is 0 Å². The Balaban J connectivity index is 1.39. The number of nitrogens with zero attached hydrogens (tertiary/aromatic N) is 1. The minimum absolute atomic E-state index is 0.111. The summed E-state index contributed by atoms with van der Waals surface area (Å²) in [5.41, 5.74) is 1.88. The van der Waals surface area contributed by atoms with E-state index in [1.165, 1.54) is 22.1 Å². The van der Waals surface area contributed by atoms with E-state index in [2.05, 4.69) is 4.98 Å². The lowest BCUT2D eigenvalue weighted by molar-refractivity contribution is -0.0582. The summed E-state index contributed by atoms with van der Waals surface area (Å²) in [4.78, 5) is 53.8. The largest absolute Gasteiger partial charge is 0.459 e. The minimum Gasteiger partial charge on any atom is -0.459 e. The van der Waals surface area contributed by atoms with Gasteiger partial charge < -0.3 is 14.2 Å². The number of nitrogens with one attached hydrogen (secondary N) is 1. The highest BCUT2D eigenvalue weighted by Crippen LogP contribution is 2.32. The van der Waals surface area contributed by atoms with Crippen LogP contribution in [0.3, 0.4) is 0 Å². The molecule has 9 nitrogen and oxygen atoms in total. The van der Waals surface area contributed by atoms with E-state index in [9.17, 15) is 19.2 Å². The van der Waals surface area contributed by atoms with Crippen molar-refractivity contribution in [2.75, 3.05) is 6.61 Å². The fourth-order valence-electron chi connectivity index (χ4n) is 4.28. The van der Waals surface area contributed by atoms with Crippen molar-refractivity contribution in [3.8, 4) is 10.4 Å². The standard InChI is InChI=1S/C29H26N2O7S/c1-17-5-9-19(10-6-17)27(33)36-16-23-22(38-28(34)20-11-7-18(2)8-12-20)14-25(37-23)31-15-21(24-4-3-13-39-24)26(32)30-29(31)35/h3-13,15,22-23,25H,14,16H2,1-2H3,(H,30,32,35)/t22-,23+,25+/m1/s1. The third-order valence-corrected chi connectivity index (χ3v) is 7.36. The highest BCUT2D eigenvalue weighted by Gasteiger charge is 2.40. The van der Waals surface area contributed by atoms with Gasteiger partial charge in [0.25, 0.3) is 5.56 Å². The first-order valence-electron chi connectivity index (χ1n) is 12.3. The van der Waals surface area contributed by atoms with Crippen molar-refractivity contribution in [2.45, 2.75) is 38.7 Å². The average Bonchev–Trinajstić information content (AvgIpc) is 3.59. The van der Waals surface area contributed by atoms with Gasteiger partial charge in [0.1, 0.15) is 25.0 Å². The van der Waals surface area contributed by atoms with Gasteiger partial charge in [-0.1, -0.05) is 41.5 Å². The van der Waals surface area contributed by atoms with E-state index >= 15 is 0 Å². The van der Waals surface area contributed by atoms with E-state index < -0.39 is 41.6 Å². The number of aromatic nitrogens is 2. The van der Waals surface area contributed by atoms with Gasteiger partial charge in [-0.2, -0.15) is 0 Å². The Kier molecular flexibility index (Phi) is 7.58. The number of aromatic amines is 1. The molecule has 0 unspecified atom stereocenters. The molecule has 3 atom stereocenters. The average molecular weight is 547 g/mol. The molecular formula is C29H26N2O7S. The van der Waals surface area contributed by atoms with Crippen LogP contribution in [0.2, 0.25) is 0 Å². The molecule has 3 heterocycles. The van der Waals surface area contributed by atoms with Gasteiger partial charge in [0.2, 0.25) is 0 Å². The van der Waals surface area contributed by atoms with Crippen molar-refractivity contribution < 1.29 is 23.8 Å². The molecule has 0 bridgehead atoms. The SMILES string of the molecule is Cc1ccc(C(=O)OC[C@@H]2O[C@H](n3cc(-c4cccs4)c(=O)[nH]c3=O)C[C@H]2OC(=O)c2ccc(C)cc2)cc1. The van der Waals surface area contributed by atoms with Gasteiger partial charge in [0.05, 0.1) is 16.7 Å². The maximum absolute atomic E-state index is 12.9. The van der Waals surface area contributed by atoms with Crippen LogP contribution in [-0.2, 0) is 14.2 Å². The first-order chi connectivity index (χ1) is 18.8.